The molecule has 0 bridgehead atoms. The van der Waals surface area contributed by atoms with Crippen molar-refractivity contribution in [1.82, 2.24) is 4.90 Å². The van der Waals surface area contributed by atoms with Gasteiger partial charge < -0.3 is 5.73 Å². The van der Waals surface area contributed by atoms with E-state index in [1.165, 1.54) is 9.35 Å². The predicted octanol–water partition coefficient (Wildman–Crippen LogP) is 1.43. The van der Waals surface area contributed by atoms with E-state index in [1.54, 1.807) is 11.3 Å². The molecule has 0 aromatic carbocycles. The molecule has 1 saturated heterocycles. The van der Waals surface area contributed by atoms with Gasteiger partial charge in [-0.1, -0.05) is 0 Å². The van der Waals surface area contributed by atoms with Crippen molar-refractivity contribution < 1.29 is 4.79 Å². The van der Waals surface area contributed by atoms with Crippen molar-refractivity contribution in [1.29, 1.82) is 0 Å². The lowest BCUT2D eigenvalue weighted by molar-refractivity contribution is -0.127. The smallest absolute Gasteiger partial charge is 0.223 e. The van der Waals surface area contributed by atoms with Crippen molar-refractivity contribution >= 4 is 33.2 Å². The fourth-order valence-corrected chi connectivity index (χ4v) is 2.77. The molecule has 2 heterocycles. The van der Waals surface area contributed by atoms with Crippen LogP contribution in [0.4, 0.5) is 0 Å². The largest absolute Gasteiger partial charge is 0.369 e. The minimum Gasteiger partial charge on any atom is -0.369 e. The molecular formula is C9H11BrN2OS. The lowest BCUT2D eigenvalue weighted by Crippen LogP contribution is -2.51. The molecular weight excluding hydrogens is 264 g/mol. The summed E-state index contributed by atoms with van der Waals surface area (Å²) in [6.45, 7) is 2.52. The van der Waals surface area contributed by atoms with Gasteiger partial charge in [0, 0.05) is 19.6 Å². The van der Waals surface area contributed by atoms with E-state index in [2.05, 4.69) is 32.3 Å². The van der Waals surface area contributed by atoms with Crippen LogP contribution in [0.15, 0.2) is 15.2 Å². The summed E-state index contributed by atoms with van der Waals surface area (Å²) in [5.41, 5.74) is 6.48. The lowest BCUT2D eigenvalue weighted by Gasteiger charge is -2.37. The Bertz CT molecular complexity index is 346. The minimum absolute atomic E-state index is 0.0624. The molecule has 0 atom stereocenters. The Morgan fingerprint density at radius 1 is 1.71 bits per heavy atom. The molecule has 0 radical (unpaired) electrons. The Labute approximate surface area is 95.0 Å². The Morgan fingerprint density at radius 3 is 2.93 bits per heavy atom. The zero-order valence-corrected chi connectivity index (χ0v) is 9.97. The van der Waals surface area contributed by atoms with Crippen molar-refractivity contribution in [3.05, 3.63) is 20.8 Å². The third-order valence-electron chi connectivity index (χ3n) is 2.45. The molecule has 1 fully saturated rings. The first kappa shape index (κ1) is 10.1. The summed E-state index contributed by atoms with van der Waals surface area (Å²) in [4.78, 5) is 13.0. The van der Waals surface area contributed by atoms with E-state index in [9.17, 15) is 4.79 Å². The van der Waals surface area contributed by atoms with Crippen LogP contribution in [-0.4, -0.2) is 23.9 Å². The average Bonchev–Trinajstić information content (AvgIpc) is 2.42. The zero-order chi connectivity index (χ0) is 10.1. The van der Waals surface area contributed by atoms with Crippen molar-refractivity contribution in [2.75, 3.05) is 13.1 Å². The summed E-state index contributed by atoms with van der Waals surface area (Å²) in [7, 11) is 0. The van der Waals surface area contributed by atoms with Gasteiger partial charge in [-0.25, -0.2) is 0 Å². The van der Waals surface area contributed by atoms with E-state index in [0.29, 0.717) is 0 Å². The first-order chi connectivity index (χ1) is 6.66. The maximum atomic E-state index is 10.8. The average molecular weight is 275 g/mol. The van der Waals surface area contributed by atoms with Crippen LogP contribution in [-0.2, 0) is 11.3 Å². The number of nitrogens with two attached hydrogens (primary N) is 1. The monoisotopic (exact) mass is 274 g/mol. The topological polar surface area (TPSA) is 46.3 Å². The molecule has 5 heteroatoms. The second kappa shape index (κ2) is 4.00. The van der Waals surface area contributed by atoms with Gasteiger partial charge in [0.2, 0.25) is 5.91 Å². The van der Waals surface area contributed by atoms with Crippen LogP contribution in [0.25, 0.3) is 0 Å². The van der Waals surface area contributed by atoms with Gasteiger partial charge in [-0.15, -0.1) is 11.3 Å². The van der Waals surface area contributed by atoms with E-state index in [-0.39, 0.29) is 11.8 Å². The van der Waals surface area contributed by atoms with Gasteiger partial charge in [-0.3, -0.25) is 9.69 Å². The highest BCUT2D eigenvalue weighted by Gasteiger charge is 2.30. The molecule has 1 amide bonds. The second-order valence-corrected chi connectivity index (χ2v) is 5.75. The number of primary amides is 1. The van der Waals surface area contributed by atoms with Crippen LogP contribution >= 0.6 is 27.3 Å². The zero-order valence-electron chi connectivity index (χ0n) is 7.57. The van der Waals surface area contributed by atoms with Crippen molar-refractivity contribution in [2.45, 2.75) is 6.54 Å². The van der Waals surface area contributed by atoms with Crippen LogP contribution in [0.1, 0.15) is 5.56 Å². The molecule has 76 valence electrons. The van der Waals surface area contributed by atoms with E-state index in [0.717, 1.165) is 19.6 Å². The normalized spacial score (nSPS) is 18.1. The van der Waals surface area contributed by atoms with Crippen molar-refractivity contribution in [3.8, 4) is 0 Å². The SMILES string of the molecule is NC(=O)C1CN(Cc2ccsc2Br)C1. The molecule has 14 heavy (non-hydrogen) atoms. The van der Waals surface area contributed by atoms with E-state index in [1.807, 2.05) is 0 Å². The number of nitrogens with zero attached hydrogens (tertiary/aromatic N) is 1. The number of thiophene rings is 1. The van der Waals surface area contributed by atoms with Gasteiger partial charge in [0.25, 0.3) is 0 Å². The number of halogens is 1. The highest BCUT2D eigenvalue weighted by Crippen LogP contribution is 2.27. The molecule has 1 aliphatic rings. The number of hydrogen-bond donors (Lipinski definition) is 1. The maximum Gasteiger partial charge on any atom is 0.223 e. The third kappa shape index (κ3) is 1.99. The van der Waals surface area contributed by atoms with Crippen LogP contribution in [0.2, 0.25) is 0 Å². The van der Waals surface area contributed by atoms with E-state index < -0.39 is 0 Å². The summed E-state index contributed by atoms with van der Waals surface area (Å²) in [5, 5.41) is 2.06. The Morgan fingerprint density at radius 2 is 2.43 bits per heavy atom. The summed E-state index contributed by atoms with van der Waals surface area (Å²) in [5.74, 6) is -0.113. The Balaban J connectivity index is 1.85. The molecule has 0 unspecified atom stereocenters. The molecule has 2 rings (SSSR count). The lowest BCUT2D eigenvalue weighted by atomic mass is 9.99. The third-order valence-corrected chi connectivity index (χ3v) is 4.26. The molecule has 3 nitrogen and oxygen atoms in total. The van der Waals surface area contributed by atoms with Crippen LogP contribution in [0, 0.1) is 5.92 Å². The van der Waals surface area contributed by atoms with Crippen LogP contribution in [0.3, 0.4) is 0 Å². The van der Waals surface area contributed by atoms with Gasteiger partial charge >= 0.3 is 0 Å². The first-order valence-corrected chi connectivity index (χ1v) is 6.07. The number of rotatable bonds is 3. The van der Waals surface area contributed by atoms with E-state index in [4.69, 9.17) is 5.73 Å². The maximum absolute atomic E-state index is 10.8. The molecule has 0 saturated carbocycles. The first-order valence-electron chi connectivity index (χ1n) is 4.40. The quantitative estimate of drug-likeness (QED) is 0.907. The van der Waals surface area contributed by atoms with Crippen molar-refractivity contribution in [3.63, 3.8) is 0 Å². The van der Waals surface area contributed by atoms with Crippen LogP contribution in [0.5, 0.6) is 0 Å². The molecule has 0 aliphatic carbocycles. The summed E-state index contributed by atoms with van der Waals surface area (Å²) >= 11 is 5.18. The summed E-state index contributed by atoms with van der Waals surface area (Å²) < 4.78 is 1.18. The van der Waals surface area contributed by atoms with Crippen LogP contribution < -0.4 is 5.73 Å². The molecule has 0 spiro atoms. The fourth-order valence-electron chi connectivity index (χ4n) is 1.55. The van der Waals surface area contributed by atoms with Gasteiger partial charge in [0.15, 0.2) is 0 Å². The van der Waals surface area contributed by atoms with Crippen molar-refractivity contribution in [2.24, 2.45) is 11.7 Å². The summed E-state index contributed by atoms with van der Waals surface area (Å²) in [6.07, 6.45) is 0. The Hall–Kier alpha value is -0.390. The number of amides is 1. The molecule has 1 aromatic rings. The van der Waals surface area contributed by atoms with Gasteiger partial charge in [0.1, 0.15) is 0 Å². The van der Waals surface area contributed by atoms with E-state index >= 15 is 0 Å². The number of carbonyl (C=O) groups is 1. The molecule has 2 N–H and O–H groups in total. The number of likely N-dealkylation sites (tertiary alicyclic amines) is 1. The molecule has 1 aromatic heterocycles. The highest BCUT2D eigenvalue weighted by molar-refractivity contribution is 9.11. The second-order valence-electron chi connectivity index (χ2n) is 3.51. The van der Waals surface area contributed by atoms with Gasteiger partial charge in [-0.05, 0) is 32.9 Å². The van der Waals surface area contributed by atoms with Gasteiger partial charge in [-0.2, -0.15) is 0 Å². The molecule has 1 aliphatic heterocycles. The number of hydrogen-bond acceptors (Lipinski definition) is 3. The standard InChI is InChI=1S/C9H11BrN2OS/c10-8-6(1-2-14-8)3-12-4-7(5-12)9(11)13/h1-2,7H,3-5H2,(H2,11,13). The fraction of sp³-hybridized carbons (Fsp3) is 0.444. The highest BCUT2D eigenvalue weighted by atomic mass is 79.9. The van der Waals surface area contributed by atoms with Gasteiger partial charge in [0.05, 0.1) is 9.70 Å². The summed E-state index contributed by atoms with van der Waals surface area (Å²) in [6, 6.07) is 2.10. The number of carbonyl (C=O) groups excluding carboxylic acids is 1. The Kier molecular flexibility index (Phi) is 2.90. The minimum atomic E-state index is -0.175. The predicted molar refractivity (Wildman–Crippen MR) is 60.0 cm³/mol.